The molecular weight excluding hydrogens is 162 g/mol. The van der Waals surface area contributed by atoms with Gasteiger partial charge in [0.15, 0.2) is 0 Å². The smallest absolute Gasteiger partial charge is 0.223 e. The van der Waals surface area contributed by atoms with E-state index in [1.165, 1.54) is 5.56 Å². The maximum Gasteiger partial charge on any atom is 0.223 e. The van der Waals surface area contributed by atoms with Crippen LogP contribution >= 0.6 is 0 Å². The molecule has 1 heterocycles. The molecule has 0 saturated carbocycles. The number of hydrogen-bond acceptors (Lipinski definition) is 1. The van der Waals surface area contributed by atoms with E-state index in [4.69, 9.17) is 0 Å². The Balaban J connectivity index is 2.29. The Morgan fingerprint density at radius 3 is 2.46 bits per heavy atom. The van der Waals surface area contributed by atoms with Gasteiger partial charge in [0.05, 0.1) is 12.0 Å². The summed E-state index contributed by atoms with van der Waals surface area (Å²) in [7, 11) is 0. The highest BCUT2D eigenvalue weighted by atomic mass is 16.2. The lowest BCUT2D eigenvalue weighted by atomic mass is 9.78. The molecule has 1 aliphatic heterocycles. The van der Waals surface area contributed by atoms with E-state index in [0.29, 0.717) is 6.42 Å². The van der Waals surface area contributed by atoms with Crippen molar-refractivity contribution in [3.63, 3.8) is 0 Å². The third-order valence-corrected chi connectivity index (χ3v) is 2.77. The van der Waals surface area contributed by atoms with Crippen LogP contribution in [0.4, 0.5) is 0 Å². The van der Waals surface area contributed by atoms with Gasteiger partial charge in [-0.3, -0.25) is 4.79 Å². The number of amides is 1. The first-order valence-corrected chi connectivity index (χ1v) is 4.63. The van der Waals surface area contributed by atoms with Crippen LogP contribution in [0.25, 0.3) is 0 Å². The molecular formula is C11H13NO. The second-order valence-electron chi connectivity index (χ2n) is 3.53. The number of carbonyl (C=O) groups excluding carboxylic acids is 1. The molecule has 1 saturated heterocycles. The molecule has 2 rings (SSSR count). The summed E-state index contributed by atoms with van der Waals surface area (Å²) in [6, 6.07) is 10.2. The van der Waals surface area contributed by atoms with Gasteiger partial charge in [-0.2, -0.15) is 0 Å². The van der Waals surface area contributed by atoms with Gasteiger partial charge in [-0.05, 0) is 12.0 Å². The number of nitrogens with one attached hydrogen (secondary N) is 1. The summed E-state index contributed by atoms with van der Waals surface area (Å²) >= 11 is 0. The summed E-state index contributed by atoms with van der Waals surface area (Å²) in [5.41, 5.74) is 1.15. The van der Waals surface area contributed by atoms with Gasteiger partial charge in [-0.25, -0.2) is 0 Å². The van der Waals surface area contributed by atoms with Gasteiger partial charge in [0.2, 0.25) is 5.91 Å². The Morgan fingerprint density at radius 1 is 1.38 bits per heavy atom. The van der Waals surface area contributed by atoms with Crippen LogP contribution in [-0.4, -0.2) is 5.91 Å². The van der Waals surface area contributed by atoms with E-state index >= 15 is 0 Å². The van der Waals surface area contributed by atoms with Crippen LogP contribution in [0.15, 0.2) is 30.3 Å². The fraction of sp³-hybridized carbons (Fsp3) is 0.364. The zero-order valence-corrected chi connectivity index (χ0v) is 7.71. The van der Waals surface area contributed by atoms with Crippen LogP contribution in [0.5, 0.6) is 0 Å². The topological polar surface area (TPSA) is 29.1 Å². The van der Waals surface area contributed by atoms with Gasteiger partial charge < -0.3 is 5.32 Å². The van der Waals surface area contributed by atoms with Gasteiger partial charge in [0, 0.05) is 0 Å². The van der Waals surface area contributed by atoms with Crippen molar-refractivity contribution in [3.8, 4) is 0 Å². The lowest BCUT2D eigenvalue weighted by Gasteiger charge is -2.42. The Hall–Kier alpha value is -1.31. The standard InChI is InChI=1S/C11H13NO/c1-2-11(8-10(13)12-11)9-6-4-3-5-7-9/h3-7H,2,8H2,1H3,(H,12,13). The molecule has 1 aliphatic rings. The van der Waals surface area contributed by atoms with Crippen molar-refractivity contribution in [1.82, 2.24) is 5.32 Å². The maximum atomic E-state index is 10.9. The molecule has 2 nitrogen and oxygen atoms in total. The van der Waals surface area contributed by atoms with E-state index in [1.807, 2.05) is 18.2 Å². The second kappa shape index (κ2) is 2.87. The molecule has 1 aromatic rings. The third-order valence-electron chi connectivity index (χ3n) is 2.77. The zero-order chi connectivity index (χ0) is 9.31. The number of β-lactam (4-membered cyclic amide) rings is 1. The average Bonchev–Trinajstić information content (AvgIpc) is 2.14. The third kappa shape index (κ3) is 1.22. The van der Waals surface area contributed by atoms with Gasteiger partial charge >= 0.3 is 0 Å². The molecule has 0 bridgehead atoms. The van der Waals surface area contributed by atoms with Gasteiger partial charge in [0.25, 0.3) is 0 Å². The predicted molar refractivity (Wildman–Crippen MR) is 51.2 cm³/mol. The molecule has 0 spiro atoms. The summed E-state index contributed by atoms with van der Waals surface area (Å²) < 4.78 is 0. The molecule has 0 aromatic heterocycles. The predicted octanol–water partition coefficient (Wildman–Crippen LogP) is 1.81. The summed E-state index contributed by atoms with van der Waals surface area (Å²) in [6.07, 6.45) is 1.59. The van der Waals surface area contributed by atoms with Crippen molar-refractivity contribution >= 4 is 5.91 Å². The maximum absolute atomic E-state index is 10.9. The van der Waals surface area contributed by atoms with Crippen molar-refractivity contribution in [2.45, 2.75) is 25.3 Å². The molecule has 0 aliphatic carbocycles. The van der Waals surface area contributed by atoms with Crippen molar-refractivity contribution in [1.29, 1.82) is 0 Å². The number of hydrogen-bond donors (Lipinski definition) is 1. The van der Waals surface area contributed by atoms with E-state index in [2.05, 4.69) is 24.4 Å². The van der Waals surface area contributed by atoms with Gasteiger partial charge in [-0.15, -0.1) is 0 Å². The van der Waals surface area contributed by atoms with E-state index in [-0.39, 0.29) is 11.4 Å². The van der Waals surface area contributed by atoms with E-state index < -0.39 is 0 Å². The second-order valence-corrected chi connectivity index (χ2v) is 3.53. The quantitative estimate of drug-likeness (QED) is 0.682. The minimum absolute atomic E-state index is 0.0711. The molecule has 1 atom stereocenters. The Labute approximate surface area is 78.0 Å². The van der Waals surface area contributed by atoms with Crippen LogP contribution < -0.4 is 5.32 Å². The van der Waals surface area contributed by atoms with Gasteiger partial charge in [-0.1, -0.05) is 37.3 Å². The van der Waals surface area contributed by atoms with Crippen molar-refractivity contribution in [2.75, 3.05) is 0 Å². The van der Waals surface area contributed by atoms with Crippen molar-refractivity contribution < 1.29 is 4.79 Å². The summed E-state index contributed by atoms with van der Waals surface area (Å²) in [5.74, 6) is 0.158. The molecule has 1 unspecified atom stereocenters. The monoisotopic (exact) mass is 175 g/mol. The summed E-state index contributed by atoms with van der Waals surface area (Å²) in [5, 5.41) is 2.98. The normalized spacial score (nSPS) is 26.4. The SMILES string of the molecule is CCC1(c2ccccc2)CC(=O)N1. The lowest BCUT2D eigenvalue weighted by molar-refractivity contribution is -0.133. The first-order valence-electron chi connectivity index (χ1n) is 4.63. The van der Waals surface area contributed by atoms with Crippen LogP contribution in [0.1, 0.15) is 25.3 Å². The van der Waals surface area contributed by atoms with E-state index in [1.54, 1.807) is 0 Å². The molecule has 68 valence electrons. The van der Waals surface area contributed by atoms with E-state index in [0.717, 1.165) is 6.42 Å². The molecule has 13 heavy (non-hydrogen) atoms. The molecule has 1 aromatic carbocycles. The van der Waals surface area contributed by atoms with Crippen LogP contribution in [-0.2, 0) is 10.3 Å². The Kier molecular flexibility index (Phi) is 1.83. The minimum Gasteiger partial charge on any atom is -0.346 e. The molecule has 1 N–H and O–H groups in total. The van der Waals surface area contributed by atoms with Crippen LogP contribution in [0.2, 0.25) is 0 Å². The molecule has 0 radical (unpaired) electrons. The lowest BCUT2D eigenvalue weighted by Crippen LogP contribution is -2.57. The van der Waals surface area contributed by atoms with Crippen LogP contribution in [0.3, 0.4) is 0 Å². The highest BCUT2D eigenvalue weighted by Crippen LogP contribution is 2.34. The fourth-order valence-electron chi connectivity index (χ4n) is 1.87. The summed E-state index contributed by atoms with van der Waals surface area (Å²) in [6.45, 7) is 2.10. The molecule has 1 fully saturated rings. The number of rotatable bonds is 2. The van der Waals surface area contributed by atoms with Crippen molar-refractivity contribution in [3.05, 3.63) is 35.9 Å². The summed E-state index contributed by atoms with van der Waals surface area (Å²) in [4.78, 5) is 10.9. The first kappa shape index (κ1) is 8.30. The van der Waals surface area contributed by atoms with Crippen LogP contribution in [0, 0.1) is 0 Å². The molecule has 2 heteroatoms. The first-order chi connectivity index (χ1) is 6.27. The average molecular weight is 175 g/mol. The molecule has 1 amide bonds. The highest BCUT2D eigenvalue weighted by molar-refractivity contribution is 5.85. The van der Waals surface area contributed by atoms with Crippen molar-refractivity contribution in [2.24, 2.45) is 0 Å². The minimum atomic E-state index is -0.0711. The Bertz CT molecular complexity index is 310. The highest BCUT2D eigenvalue weighted by Gasteiger charge is 2.42. The largest absolute Gasteiger partial charge is 0.346 e. The zero-order valence-electron chi connectivity index (χ0n) is 7.71. The number of carbonyl (C=O) groups is 1. The fourth-order valence-corrected chi connectivity index (χ4v) is 1.87. The number of benzene rings is 1. The van der Waals surface area contributed by atoms with Gasteiger partial charge in [0.1, 0.15) is 0 Å². The van der Waals surface area contributed by atoms with E-state index in [9.17, 15) is 4.79 Å². The Morgan fingerprint density at radius 2 is 2.00 bits per heavy atom.